The molecule has 1 rings (SSSR count). The first-order valence-electron chi connectivity index (χ1n) is 5.01. The van der Waals surface area contributed by atoms with Crippen molar-refractivity contribution in [2.75, 3.05) is 12.4 Å². The van der Waals surface area contributed by atoms with Crippen LogP contribution in [0.4, 0.5) is 0 Å². The van der Waals surface area contributed by atoms with Crippen LogP contribution in [0, 0.1) is 5.92 Å². The Morgan fingerprint density at radius 3 is 2.43 bits per heavy atom. The molecule has 0 spiro atoms. The normalized spacial score (nSPS) is 15.1. The molecule has 2 heteroatoms. The topological polar surface area (TPSA) is 20.2 Å². The summed E-state index contributed by atoms with van der Waals surface area (Å²) in [6.45, 7) is 4.57. The number of rotatable bonds is 5. The Kier molecular flexibility index (Phi) is 5.05. The Morgan fingerprint density at radius 2 is 1.86 bits per heavy atom. The van der Waals surface area contributed by atoms with E-state index in [2.05, 4.69) is 38.1 Å². The molecule has 1 nitrogen and oxygen atoms in total. The lowest BCUT2D eigenvalue weighted by atomic mass is 10.2. The summed E-state index contributed by atoms with van der Waals surface area (Å²) in [5.74, 6) is 1.41. The van der Waals surface area contributed by atoms with Gasteiger partial charge < -0.3 is 5.11 Å². The van der Waals surface area contributed by atoms with Crippen LogP contribution in [-0.4, -0.2) is 17.5 Å². The summed E-state index contributed by atoms with van der Waals surface area (Å²) in [6.07, 6.45) is 0. The molecule has 0 bridgehead atoms. The van der Waals surface area contributed by atoms with Gasteiger partial charge >= 0.3 is 0 Å². The molecule has 2 unspecified atom stereocenters. The molecule has 0 fully saturated rings. The lowest BCUT2D eigenvalue weighted by Crippen LogP contribution is -2.04. The van der Waals surface area contributed by atoms with Gasteiger partial charge in [0, 0.05) is 11.9 Å². The van der Waals surface area contributed by atoms with E-state index in [0.717, 1.165) is 5.75 Å². The first-order valence-corrected chi connectivity index (χ1v) is 6.06. The fourth-order valence-corrected chi connectivity index (χ4v) is 2.25. The fraction of sp³-hybridized carbons (Fsp3) is 0.500. The van der Waals surface area contributed by atoms with Gasteiger partial charge in [-0.05, 0) is 24.2 Å². The zero-order chi connectivity index (χ0) is 10.4. The predicted octanol–water partition coefficient (Wildman–Crippen LogP) is 3.11. The van der Waals surface area contributed by atoms with Crippen molar-refractivity contribution in [1.29, 1.82) is 0 Å². The van der Waals surface area contributed by atoms with E-state index in [1.807, 2.05) is 17.8 Å². The third-order valence-electron chi connectivity index (χ3n) is 2.21. The van der Waals surface area contributed by atoms with Gasteiger partial charge in [-0.2, -0.15) is 11.8 Å². The molecule has 14 heavy (non-hydrogen) atoms. The Hall–Kier alpha value is -0.470. The highest BCUT2D eigenvalue weighted by Gasteiger charge is 2.07. The Labute approximate surface area is 90.5 Å². The van der Waals surface area contributed by atoms with Gasteiger partial charge in [0.15, 0.2) is 0 Å². The van der Waals surface area contributed by atoms with E-state index in [-0.39, 0.29) is 6.61 Å². The molecule has 78 valence electrons. The SMILES string of the molecule is CC(CO)CSC(C)c1ccccc1. The third-order valence-corrected chi connectivity index (χ3v) is 3.75. The summed E-state index contributed by atoms with van der Waals surface area (Å²) >= 11 is 1.90. The van der Waals surface area contributed by atoms with Crippen molar-refractivity contribution in [3.8, 4) is 0 Å². The number of aliphatic hydroxyl groups is 1. The second-order valence-corrected chi connectivity index (χ2v) is 5.05. The maximum absolute atomic E-state index is 8.90. The lowest BCUT2D eigenvalue weighted by molar-refractivity contribution is 0.250. The summed E-state index contributed by atoms with van der Waals surface area (Å²) in [7, 11) is 0. The molecular weight excluding hydrogens is 192 g/mol. The molecule has 0 radical (unpaired) electrons. The highest BCUT2D eigenvalue weighted by atomic mass is 32.2. The summed E-state index contributed by atoms with van der Waals surface area (Å²) in [5.41, 5.74) is 1.36. The Bertz CT molecular complexity index is 248. The van der Waals surface area contributed by atoms with E-state index in [0.29, 0.717) is 11.2 Å². The van der Waals surface area contributed by atoms with Gasteiger partial charge in [-0.1, -0.05) is 37.3 Å². The van der Waals surface area contributed by atoms with Gasteiger partial charge in [0.05, 0.1) is 0 Å². The van der Waals surface area contributed by atoms with Crippen LogP contribution >= 0.6 is 11.8 Å². The number of aliphatic hydroxyl groups excluding tert-OH is 1. The molecule has 0 amide bonds. The molecule has 0 aromatic heterocycles. The first-order chi connectivity index (χ1) is 6.74. The van der Waals surface area contributed by atoms with Crippen LogP contribution in [0.3, 0.4) is 0 Å². The molecule has 0 aliphatic heterocycles. The molecule has 2 atom stereocenters. The van der Waals surface area contributed by atoms with E-state index in [1.54, 1.807) is 0 Å². The van der Waals surface area contributed by atoms with Crippen LogP contribution < -0.4 is 0 Å². The van der Waals surface area contributed by atoms with Crippen molar-refractivity contribution in [3.63, 3.8) is 0 Å². The van der Waals surface area contributed by atoms with Crippen LogP contribution in [0.1, 0.15) is 24.7 Å². The highest BCUT2D eigenvalue weighted by Crippen LogP contribution is 2.29. The zero-order valence-electron chi connectivity index (χ0n) is 8.81. The standard InChI is InChI=1S/C12H18OS/c1-10(8-13)9-14-11(2)12-6-4-3-5-7-12/h3-7,10-11,13H,8-9H2,1-2H3. The van der Waals surface area contributed by atoms with E-state index in [1.165, 1.54) is 5.56 Å². The van der Waals surface area contributed by atoms with E-state index in [4.69, 9.17) is 5.11 Å². The van der Waals surface area contributed by atoms with Gasteiger partial charge in [-0.25, -0.2) is 0 Å². The Morgan fingerprint density at radius 1 is 1.21 bits per heavy atom. The number of benzene rings is 1. The van der Waals surface area contributed by atoms with Crippen molar-refractivity contribution in [2.24, 2.45) is 5.92 Å². The minimum atomic E-state index is 0.286. The van der Waals surface area contributed by atoms with E-state index < -0.39 is 0 Å². The molecule has 0 saturated heterocycles. The smallest absolute Gasteiger partial charge is 0.0464 e. The second kappa shape index (κ2) is 6.10. The van der Waals surface area contributed by atoms with Crippen molar-refractivity contribution in [3.05, 3.63) is 35.9 Å². The summed E-state index contributed by atoms with van der Waals surface area (Å²) in [4.78, 5) is 0. The van der Waals surface area contributed by atoms with Gasteiger partial charge in [0.2, 0.25) is 0 Å². The van der Waals surface area contributed by atoms with Gasteiger partial charge in [0.1, 0.15) is 0 Å². The number of hydrogen-bond donors (Lipinski definition) is 1. The molecule has 0 aliphatic carbocycles. The second-order valence-electron chi connectivity index (χ2n) is 3.67. The van der Waals surface area contributed by atoms with Crippen molar-refractivity contribution >= 4 is 11.8 Å². The maximum Gasteiger partial charge on any atom is 0.0464 e. The van der Waals surface area contributed by atoms with Crippen LogP contribution in [0.25, 0.3) is 0 Å². The van der Waals surface area contributed by atoms with Crippen LogP contribution in [-0.2, 0) is 0 Å². The van der Waals surface area contributed by atoms with Crippen molar-refractivity contribution < 1.29 is 5.11 Å². The number of hydrogen-bond acceptors (Lipinski definition) is 2. The molecule has 1 aromatic rings. The molecule has 1 aromatic carbocycles. The fourth-order valence-electron chi connectivity index (χ4n) is 1.18. The first kappa shape index (κ1) is 11.6. The minimum absolute atomic E-state index is 0.286. The predicted molar refractivity (Wildman–Crippen MR) is 63.6 cm³/mol. The maximum atomic E-state index is 8.90. The molecule has 0 aliphatic rings. The monoisotopic (exact) mass is 210 g/mol. The minimum Gasteiger partial charge on any atom is -0.396 e. The van der Waals surface area contributed by atoms with E-state index >= 15 is 0 Å². The molecular formula is C12H18OS. The van der Waals surface area contributed by atoms with Crippen LogP contribution in [0.5, 0.6) is 0 Å². The average Bonchev–Trinajstić information content (AvgIpc) is 2.26. The largest absolute Gasteiger partial charge is 0.396 e. The average molecular weight is 210 g/mol. The van der Waals surface area contributed by atoms with Crippen LogP contribution in [0.15, 0.2) is 30.3 Å². The van der Waals surface area contributed by atoms with Gasteiger partial charge in [0.25, 0.3) is 0 Å². The molecule has 0 saturated carbocycles. The van der Waals surface area contributed by atoms with Crippen molar-refractivity contribution in [2.45, 2.75) is 19.1 Å². The summed E-state index contributed by atoms with van der Waals surface area (Å²) in [6, 6.07) is 10.5. The van der Waals surface area contributed by atoms with Crippen LogP contribution in [0.2, 0.25) is 0 Å². The summed E-state index contributed by atoms with van der Waals surface area (Å²) in [5, 5.41) is 9.42. The number of thioether (sulfide) groups is 1. The lowest BCUT2D eigenvalue weighted by Gasteiger charge is -2.13. The molecule has 0 heterocycles. The highest BCUT2D eigenvalue weighted by molar-refractivity contribution is 7.99. The zero-order valence-corrected chi connectivity index (χ0v) is 9.63. The van der Waals surface area contributed by atoms with Crippen molar-refractivity contribution in [1.82, 2.24) is 0 Å². The Balaban J connectivity index is 2.39. The quantitative estimate of drug-likeness (QED) is 0.806. The van der Waals surface area contributed by atoms with Gasteiger partial charge in [-0.3, -0.25) is 0 Å². The van der Waals surface area contributed by atoms with Gasteiger partial charge in [-0.15, -0.1) is 0 Å². The summed E-state index contributed by atoms with van der Waals surface area (Å²) < 4.78 is 0. The third kappa shape index (κ3) is 3.72. The molecule has 1 N–H and O–H groups in total. The van der Waals surface area contributed by atoms with E-state index in [9.17, 15) is 0 Å².